The first-order chi connectivity index (χ1) is 8.49. The lowest BCUT2D eigenvalue weighted by Crippen LogP contribution is -2.00. The molecule has 0 radical (unpaired) electrons. The van der Waals surface area contributed by atoms with E-state index >= 15 is 0 Å². The first kappa shape index (κ1) is 12.5. The van der Waals surface area contributed by atoms with Crippen molar-refractivity contribution in [3.63, 3.8) is 0 Å². The SMILES string of the molecule is Cc1ccc(N)c(Nc2ccc(C)c(C)c2C)c1. The maximum atomic E-state index is 5.99. The second kappa shape index (κ2) is 4.73. The molecule has 2 aromatic rings. The Labute approximate surface area is 109 Å². The van der Waals surface area contributed by atoms with Crippen molar-refractivity contribution >= 4 is 17.1 Å². The highest BCUT2D eigenvalue weighted by molar-refractivity contribution is 5.75. The summed E-state index contributed by atoms with van der Waals surface area (Å²) in [5, 5.41) is 3.42. The lowest BCUT2D eigenvalue weighted by atomic mass is 10.0. The Morgan fingerprint density at radius 3 is 2.28 bits per heavy atom. The van der Waals surface area contributed by atoms with E-state index in [9.17, 15) is 0 Å². The van der Waals surface area contributed by atoms with Crippen LogP contribution in [0.2, 0.25) is 0 Å². The van der Waals surface area contributed by atoms with Gasteiger partial charge < -0.3 is 11.1 Å². The van der Waals surface area contributed by atoms with Crippen molar-refractivity contribution in [2.45, 2.75) is 27.7 Å². The minimum Gasteiger partial charge on any atom is -0.397 e. The lowest BCUT2D eigenvalue weighted by Gasteiger charge is -2.15. The van der Waals surface area contributed by atoms with Crippen molar-refractivity contribution in [2.24, 2.45) is 0 Å². The Morgan fingerprint density at radius 1 is 0.833 bits per heavy atom. The first-order valence-corrected chi connectivity index (χ1v) is 6.19. The van der Waals surface area contributed by atoms with Crippen LogP contribution in [0, 0.1) is 27.7 Å². The van der Waals surface area contributed by atoms with Crippen molar-refractivity contribution in [3.8, 4) is 0 Å². The minimum atomic E-state index is 0.776. The average molecular weight is 240 g/mol. The Kier molecular flexibility index (Phi) is 3.28. The van der Waals surface area contributed by atoms with Gasteiger partial charge in [-0.2, -0.15) is 0 Å². The molecule has 0 unspecified atom stereocenters. The van der Waals surface area contributed by atoms with Gasteiger partial charge in [0.05, 0.1) is 11.4 Å². The zero-order valence-electron chi connectivity index (χ0n) is 11.5. The van der Waals surface area contributed by atoms with Crippen LogP contribution < -0.4 is 11.1 Å². The van der Waals surface area contributed by atoms with E-state index in [1.165, 1.54) is 22.3 Å². The van der Waals surface area contributed by atoms with Gasteiger partial charge in [0, 0.05) is 5.69 Å². The minimum absolute atomic E-state index is 0.776. The maximum absolute atomic E-state index is 5.99. The number of hydrogen-bond acceptors (Lipinski definition) is 2. The predicted molar refractivity (Wildman–Crippen MR) is 79.5 cm³/mol. The Balaban J connectivity index is 2.40. The first-order valence-electron chi connectivity index (χ1n) is 6.19. The normalized spacial score (nSPS) is 10.4. The molecule has 94 valence electrons. The second-order valence-electron chi connectivity index (χ2n) is 4.90. The highest BCUT2D eigenvalue weighted by Crippen LogP contribution is 2.28. The second-order valence-corrected chi connectivity index (χ2v) is 4.90. The van der Waals surface area contributed by atoms with Crippen LogP contribution in [0.1, 0.15) is 22.3 Å². The zero-order chi connectivity index (χ0) is 13.3. The van der Waals surface area contributed by atoms with Crippen molar-refractivity contribution in [1.82, 2.24) is 0 Å². The molecule has 2 aromatic carbocycles. The molecular weight excluding hydrogens is 220 g/mol. The van der Waals surface area contributed by atoms with Gasteiger partial charge >= 0.3 is 0 Å². The molecule has 0 aliphatic carbocycles. The fourth-order valence-electron chi connectivity index (χ4n) is 2.01. The molecule has 0 atom stereocenters. The van der Waals surface area contributed by atoms with E-state index in [-0.39, 0.29) is 0 Å². The summed E-state index contributed by atoms with van der Waals surface area (Å²) in [4.78, 5) is 0. The highest BCUT2D eigenvalue weighted by Gasteiger charge is 2.06. The van der Waals surface area contributed by atoms with Crippen LogP contribution in [0.25, 0.3) is 0 Å². The summed E-state index contributed by atoms with van der Waals surface area (Å²) in [6.45, 7) is 8.48. The summed E-state index contributed by atoms with van der Waals surface area (Å²) in [6, 6.07) is 10.3. The number of anilines is 3. The molecule has 2 heteroatoms. The summed E-state index contributed by atoms with van der Waals surface area (Å²) < 4.78 is 0. The molecule has 0 fully saturated rings. The summed E-state index contributed by atoms with van der Waals surface area (Å²) in [5.74, 6) is 0. The number of benzene rings is 2. The maximum Gasteiger partial charge on any atom is 0.0620 e. The van der Waals surface area contributed by atoms with Crippen LogP contribution in [0.4, 0.5) is 17.1 Å². The molecular formula is C16H20N2. The van der Waals surface area contributed by atoms with Crippen LogP contribution in [-0.2, 0) is 0 Å². The van der Waals surface area contributed by atoms with E-state index in [1.807, 2.05) is 12.1 Å². The van der Waals surface area contributed by atoms with Gasteiger partial charge in [-0.15, -0.1) is 0 Å². The van der Waals surface area contributed by atoms with Gasteiger partial charge in [-0.25, -0.2) is 0 Å². The van der Waals surface area contributed by atoms with Gasteiger partial charge in [-0.1, -0.05) is 12.1 Å². The van der Waals surface area contributed by atoms with E-state index in [0.29, 0.717) is 0 Å². The molecule has 3 N–H and O–H groups in total. The van der Waals surface area contributed by atoms with Crippen LogP contribution in [0.3, 0.4) is 0 Å². The zero-order valence-corrected chi connectivity index (χ0v) is 11.5. The number of rotatable bonds is 2. The van der Waals surface area contributed by atoms with Crippen molar-refractivity contribution in [2.75, 3.05) is 11.1 Å². The highest BCUT2D eigenvalue weighted by atomic mass is 14.9. The molecule has 18 heavy (non-hydrogen) atoms. The fraction of sp³-hybridized carbons (Fsp3) is 0.250. The molecule has 0 saturated heterocycles. The summed E-state index contributed by atoms with van der Waals surface area (Å²) in [7, 11) is 0. The quantitative estimate of drug-likeness (QED) is 0.770. The van der Waals surface area contributed by atoms with Crippen LogP contribution in [-0.4, -0.2) is 0 Å². The van der Waals surface area contributed by atoms with Gasteiger partial charge in [0.2, 0.25) is 0 Å². The van der Waals surface area contributed by atoms with Crippen molar-refractivity contribution in [1.29, 1.82) is 0 Å². The average Bonchev–Trinajstić information content (AvgIpc) is 2.34. The smallest absolute Gasteiger partial charge is 0.0620 e. The summed E-state index contributed by atoms with van der Waals surface area (Å²) >= 11 is 0. The molecule has 0 aromatic heterocycles. The van der Waals surface area contributed by atoms with Gasteiger partial charge in [0.25, 0.3) is 0 Å². The molecule has 0 saturated carbocycles. The Bertz CT molecular complexity index is 586. The molecule has 0 aliphatic rings. The Hall–Kier alpha value is -1.96. The molecule has 0 aliphatic heterocycles. The Morgan fingerprint density at radius 2 is 1.56 bits per heavy atom. The lowest BCUT2D eigenvalue weighted by molar-refractivity contribution is 1.26. The number of nitrogens with one attached hydrogen (secondary N) is 1. The number of nitrogens with two attached hydrogens (primary N) is 1. The molecule has 0 amide bonds. The number of hydrogen-bond donors (Lipinski definition) is 2. The van der Waals surface area contributed by atoms with E-state index in [1.54, 1.807) is 0 Å². The topological polar surface area (TPSA) is 38.0 Å². The van der Waals surface area contributed by atoms with Crippen LogP contribution in [0.15, 0.2) is 30.3 Å². The number of aryl methyl sites for hydroxylation is 2. The monoisotopic (exact) mass is 240 g/mol. The van der Waals surface area contributed by atoms with Crippen LogP contribution in [0.5, 0.6) is 0 Å². The van der Waals surface area contributed by atoms with E-state index in [4.69, 9.17) is 5.73 Å². The van der Waals surface area contributed by atoms with Gasteiger partial charge in [0.1, 0.15) is 0 Å². The molecule has 0 bridgehead atoms. The van der Waals surface area contributed by atoms with Gasteiger partial charge in [0.15, 0.2) is 0 Å². The molecule has 0 heterocycles. The number of nitrogen functional groups attached to an aromatic ring is 1. The molecule has 0 spiro atoms. The molecule has 2 rings (SSSR count). The molecule has 2 nitrogen and oxygen atoms in total. The van der Waals surface area contributed by atoms with E-state index in [0.717, 1.165) is 17.1 Å². The van der Waals surface area contributed by atoms with E-state index in [2.05, 4.69) is 51.2 Å². The van der Waals surface area contributed by atoms with Crippen molar-refractivity contribution < 1.29 is 0 Å². The summed E-state index contributed by atoms with van der Waals surface area (Å²) in [5.41, 5.74) is 14.0. The summed E-state index contributed by atoms with van der Waals surface area (Å²) in [6.07, 6.45) is 0. The largest absolute Gasteiger partial charge is 0.397 e. The standard InChI is InChI=1S/C16H20N2/c1-10-5-7-14(17)16(9-10)18-15-8-6-11(2)12(3)13(15)4/h5-9,18H,17H2,1-4H3. The van der Waals surface area contributed by atoms with E-state index < -0.39 is 0 Å². The predicted octanol–water partition coefficient (Wildman–Crippen LogP) is 4.25. The van der Waals surface area contributed by atoms with Gasteiger partial charge in [-0.05, 0) is 68.1 Å². The third kappa shape index (κ3) is 2.33. The third-order valence-electron chi connectivity index (χ3n) is 3.54. The van der Waals surface area contributed by atoms with Crippen molar-refractivity contribution in [3.05, 3.63) is 52.6 Å². The van der Waals surface area contributed by atoms with Gasteiger partial charge in [-0.3, -0.25) is 0 Å². The third-order valence-corrected chi connectivity index (χ3v) is 3.54. The fourth-order valence-corrected chi connectivity index (χ4v) is 2.01. The van der Waals surface area contributed by atoms with Crippen LogP contribution >= 0.6 is 0 Å².